The molecule has 0 bridgehead atoms. The molecule has 1 rings (SSSR count). The minimum Gasteiger partial charge on any atom is -0.390 e. The molecule has 4 N–H and O–H groups in total. The number of nitrogens with one attached hydrogen (secondary N) is 1. The molecule has 1 aliphatic rings. The summed E-state index contributed by atoms with van der Waals surface area (Å²) in [5, 5.41) is 17.3. The van der Waals surface area contributed by atoms with E-state index < -0.39 is 5.60 Å². The molecule has 0 aromatic heterocycles. The fourth-order valence-corrected chi connectivity index (χ4v) is 1.83. The number of rotatable bonds is 4. The number of hydrogen-bond donors (Lipinski definition) is 3. The van der Waals surface area contributed by atoms with E-state index in [1.165, 1.54) is 0 Å². The van der Waals surface area contributed by atoms with Crippen molar-refractivity contribution in [2.75, 3.05) is 19.6 Å². The number of likely N-dealkylation sites (tertiary alicyclic amines) is 1. The first-order valence-corrected chi connectivity index (χ1v) is 6.02. The Bertz CT molecular complexity index is 251. The molecule has 1 saturated heterocycles. The van der Waals surface area contributed by atoms with Gasteiger partial charge in [-0.2, -0.15) is 0 Å². The molecule has 4 heteroatoms. The predicted octanol–water partition coefficient (Wildman–Crippen LogP) is 1.19. The predicted molar refractivity (Wildman–Crippen MR) is 66.6 cm³/mol. The minimum atomic E-state index is -0.480. The first-order valence-electron chi connectivity index (χ1n) is 6.02. The van der Waals surface area contributed by atoms with E-state index in [0.29, 0.717) is 0 Å². The third-order valence-corrected chi connectivity index (χ3v) is 3.72. The zero-order chi connectivity index (χ0) is 12.4. The monoisotopic (exact) mass is 227 g/mol. The summed E-state index contributed by atoms with van der Waals surface area (Å²) in [5.74, 6) is 0.261. The van der Waals surface area contributed by atoms with E-state index in [1.807, 2.05) is 20.8 Å². The number of amidine groups is 1. The molecule has 0 aliphatic carbocycles. The average Bonchev–Trinajstić information content (AvgIpc) is 2.16. The van der Waals surface area contributed by atoms with Crippen molar-refractivity contribution < 1.29 is 5.11 Å². The van der Waals surface area contributed by atoms with Crippen molar-refractivity contribution in [3.8, 4) is 0 Å². The van der Waals surface area contributed by atoms with Crippen LogP contribution in [0.25, 0.3) is 0 Å². The number of hydrogen-bond acceptors (Lipinski definition) is 3. The molecule has 1 aliphatic heterocycles. The first-order chi connectivity index (χ1) is 7.23. The number of piperidine rings is 1. The van der Waals surface area contributed by atoms with Crippen molar-refractivity contribution in [1.82, 2.24) is 4.90 Å². The summed E-state index contributed by atoms with van der Waals surface area (Å²) < 4.78 is 0. The van der Waals surface area contributed by atoms with Gasteiger partial charge in [0.2, 0.25) is 0 Å². The van der Waals surface area contributed by atoms with Crippen LogP contribution in [0.3, 0.4) is 0 Å². The summed E-state index contributed by atoms with van der Waals surface area (Å²) in [7, 11) is 0. The van der Waals surface area contributed by atoms with Gasteiger partial charge in [0, 0.05) is 18.5 Å². The Morgan fingerprint density at radius 3 is 2.38 bits per heavy atom. The third-order valence-electron chi connectivity index (χ3n) is 3.72. The number of nitrogens with zero attached hydrogens (tertiary/aromatic N) is 1. The summed E-state index contributed by atoms with van der Waals surface area (Å²) in [6, 6.07) is 0. The van der Waals surface area contributed by atoms with Gasteiger partial charge in [-0.3, -0.25) is 5.41 Å². The third kappa shape index (κ3) is 3.76. The van der Waals surface area contributed by atoms with Gasteiger partial charge >= 0.3 is 0 Å². The molecule has 1 heterocycles. The van der Waals surface area contributed by atoms with Crippen molar-refractivity contribution in [3.05, 3.63) is 0 Å². The van der Waals surface area contributed by atoms with E-state index in [4.69, 9.17) is 11.1 Å². The maximum absolute atomic E-state index is 9.83. The largest absolute Gasteiger partial charge is 0.390 e. The van der Waals surface area contributed by atoms with Crippen molar-refractivity contribution in [2.24, 2.45) is 11.1 Å². The lowest BCUT2D eigenvalue weighted by Gasteiger charge is -2.37. The molecule has 16 heavy (non-hydrogen) atoms. The van der Waals surface area contributed by atoms with Crippen LogP contribution in [-0.2, 0) is 0 Å². The highest BCUT2D eigenvalue weighted by Crippen LogP contribution is 2.24. The van der Waals surface area contributed by atoms with Gasteiger partial charge in [-0.25, -0.2) is 0 Å². The van der Waals surface area contributed by atoms with Crippen LogP contribution >= 0.6 is 0 Å². The van der Waals surface area contributed by atoms with E-state index >= 15 is 0 Å². The standard InChI is InChI=1S/C12H25N3O/c1-11(2,10(13)14)4-7-15-8-5-12(3,16)6-9-15/h16H,4-9H2,1-3H3,(H3,13,14). The molecule has 0 amide bonds. The molecule has 1 fully saturated rings. The van der Waals surface area contributed by atoms with E-state index in [1.54, 1.807) is 0 Å². The van der Waals surface area contributed by atoms with Gasteiger partial charge in [-0.15, -0.1) is 0 Å². The zero-order valence-corrected chi connectivity index (χ0v) is 10.7. The second-order valence-electron chi connectivity index (χ2n) is 5.89. The summed E-state index contributed by atoms with van der Waals surface area (Å²) in [6.45, 7) is 8.78. The number of nitrogens with two attached hydrogens (primary N) is 1. The van der Waals surface area contributed by atoms with Crippen LogP contribution in [-0.4, -0.2) is 41.1 Å². The van der Waals surface area contributed by atoms with Crippen molar-refractivity contribution >= 4 is 5.84 Å². The highest BCUT2D eigenvalue weighted by Gasteiger charge is 2.29. The van der Waals surface area contributed by atoms with Crippen molar-refractivity contribution in [2.45, 2.75) is 45.6 Å². The SMILES string of the molecule is CC1(O)CCN(CCC(C)(C)C(=N)N)CC1. The lowest BCUT2D eigenvalue weighted by Crippen LogP contribution is -2.44. The van der Waals surface area contributed by atoms with E-state index in [9.17, 15) is 5.11 Å². The lowest BCUT2D eigenvalue weighted by molar-refractivity contribution is -0.00658. The second-order valence-corrected chi connectivity index (χ2v) is 5.89. The Morgan fingerprint density at radius 2 is 1.94 bits per heavy atom. The maximum Gasteiger partial charge on any atom is 0.0963 e. The highest BCUT2D eigenvalue weighted by atomic mass is 16.3. The fourth-order valence-electron chi connectivity index (χ4n) is 1.83. The van der Waals surface area contributed by atoms with Crippen LogP contribution in [0, 0.1) is 10.8 Å². The van der Waals surface area contributed by atoms with E-state index in [0.717, 1.165) is 38.9 Å². The van der Waals surface area contributed by atoms with Crippen LogP contribution in [0.1, 0.15) is 40.0 Å². The number of aliphatic hydroxyl groups is 1. The molecule has 0 radical (unpaired) electrons. The van der Waals surface area contributed by atoms with Gasteiger partial charge in [-0.05, 0) is 32.7 Å². The second kappa shape index (κ2) is 4.72. The van der Waals surface area contributed by atoms with E-state index in [2.05, 4.69) is 4.90 Å². The molecule has 0 aromatic rings. The highest BCUT2D eigenvalue weighted by molar-refractivity contribution is 5.82. The smallest absolute Gasteiger partial charge is 0.0963 e. The Morgan fingerprint density at radius 1 is 1.44 bits per heavy atom. The van der Waals surface area contributed by atoms with Gasteiger partial charge in [0.25, 0.3) is 0 Å². The molecule has 0 aromatic carbocycles. The first kappa shape index (κ1) is 13.5. The van der Waals surface area contributed by atoms with Gasteiger partial charge in [0.15, 0.2) is 0 Å². The van der Waals surface area contributed by atoms with Crippen molar-refractivity contribution in [3.63, 3.8) is 0 Å². The Labute approximate surface area is 98.3 Å². The summed E-state index contributed by atoms with van der Waals surface area (Å²) >= 11 is 0. The van der Waals surface area contributed by atoms with Crippen LogP contribution in [0.2, 0.25) is 0 Å². The Balaban J connectivity index is 2.33. The summed E-state index contributed by atoms with van der Waals surface area (Å²) in [4.78, 5) is 2.35. The normalized spacial score (nSPS) is 22.0. The van der Waals surface area contributed by atoms with E-state index in [-0.39, 0.29) is 11.3 Å². The van der Waals surface area contributed by atoms with Gasteiger partial charge in [0.1, 0.15) is 0 Å². The molecule has 0 saturated carbocycles. The molecular formula is C12H25N3O. The van der Waals surface area contributed by atoms with Gasteiger partial charge < -0.3 is 15.7 Å². The lowest BCUT2D eigenvalue weighted by atomic mass is 9.87. The topological polar surface area (TPSA) is 73.3 Å². The molecule has 0 spiro atoms. The van der Waals surface area contributed by atoms with Gasteiger partial charge in [-0.1, -0.05) is 13.8 Å². The van der Waals surface area contributed by atoms with Crippen LogP contribution in [0.4, 0.5) is 0 Å². The molecule has 0 unspecified atom stereocenters. The van der Waals surface area contributed by atoms with Crippen LogP contribution < -0.4 is 5.73 Å². The molecular weight excluding hydrogens is 202 g/mol. The minimum absolute atomic E-state index is 0.208. The Kier molecular flexibility index (Phi) is 3.97. The Hall–Kier alpha value is -0.610. The van der Waals surface area contributed by atoms with Crippen LogP contribution in [0.15, 0.2) is 0 Å². The zero-order valence-electron chi connectivity index (χ0n) is 10.7. The molecule has 4 nitrogen and oxygen atoms in total. The quantitative estimate of drug-likeness (QED) is 0.499. The summed E-state index contributed by atoms with van der Waals surface area (Å²) in [5.41, 5.74) is 4.87. The van der Waals surface area contributed by atoms with Crippen molar-refractivity contribution in [1.29, 1.82) is 5.41 Å². The maximum atomic E-state index is 9.83. The fraction of sp³-hybridized carbons (Fsp3) is 0.917. The van der Waals surface area contributed by atoms with Crippen LogP contribution in [0.5, 0.6) is 0 Å². The van der Waals surface area contributed by atoms with Gasteiger partial charge in [0.05, 0.1) is 11.4 Å². The molecule has 94 valence electrons. The summed E-state index contributed by atoms with van der Waals surface area (Å²) in [6.07, 6.45) is 2.59. The average molecular weight is 227 g/mol. The molecule has 0 atom stereocenters.